The van der Waals surface area contributed by atoms with Gasteiger partial charge >= 0.3 is 5.97 Å². The molecule has 3 nitrogen and oxygen atoms in total. The molecule has 0 bridgehead atoms. The predicted molar refractivity (Wildman–Crippen MR) is 68.7 cm³/mol. The number of hydrogen-bond acceptors (Lipinski definition) is 3. The van der Waals surface area contributed by atoms with Gasteiger partial charge < -0.3 is 4.74 Å². The first-order chi connectivity index (χ1) is 7.95. The number of carbonyl (C=O) groups is 2. The van der Waals surface area contributed by atoms with E-state index in [-0.39, 0.29) is 12.2 Å². The Morgan fingerprint density at radius 2 is 2.00 bits per heavy atom. The second-order valence-corrected chi connectivity index (χ2v) is 4.68. The predicted octanol–water partition coefficient (Wildman–Crippen LogP) is 3.28. The molecule has 17 heavy (non-hydrogen) atoms. The molecule has 0 radical (unpaired) electrons. The molecule has 0 rings (SSSR count). The molecule has 0 aromatic heterocycles. The van der Waals surface area contributed by atoms with E-state index >= 15 is 0 Å². The van der Waals surface area contributed by atoms with Crippen molar-refractivity contribution >= 4 is 11.8 Å². The third-order valence-corrected chi connectivity index (χ3v) is 2.52. The number of ether oxygens (including phenoxy) is 1. The Morgan fingerprint density at radius 3 is 2.53 bits per heavy atom. The lowest BCUT2D eigenvalue weighted by Gasteiger charge is -2.10. The zero-order chi connectivity index (χ0) is 13.3. The number of Topliss-reactive ketones (excluding diaryl/α,β-unsaturated/α-hetero) is 1. The molecule has 98 valence electrons. The standard InChI is InChI=1S/C14H24O3/c1-5-17-14(16)10-13(15)9-12(4)8-6-7-11(2)3/h12H,2,5-10H2,1,3-4H3. The number of hydrogen-bond donors (Lipinski definition) is 0. The van der Waals surface area contributed by atoms with Crippen LogP contribution in [0.4, 0.5) is 0 Å². The van der Waals surface area contributed by atoms with E-state index in [0.29, 0.717) is 18.9 Å². The summed E-state index contributed by atoms with van der Waals surface area (Å²) in [7, 11) is 0. The molecule has 0 spiro atoms. The minimum Gasteiger partial charge on any atom is -0.466 e. The lowest BCUT2D eigenvalue weighted by molar-refractivity contribution is -0.145. The number of rotatable bonds is 9. The molecule has 0 aromatic carbocycles. The van der Waals surface area contributed by atoms with Crippen molar-refractivity contribution < 1.29 is 14.3 Å². The highest BCUT2D eigenvalue weighted by Crippen LogP contribution is 2.15. The summed E-state index contributed by atoms with van der Waals surface area (Å²) in [5.74, 6) is -0.103. The highest BCUT2D eigenvalue weighted by Gasteiger charge is 2.13. The molecule has 3 heteroatoms. The average Bonchev–Trinajstić information content (AvgIpc) is 2.16. The van der Waals surface area contributed by atoms with Gasteiger partial charge in [0.15, 0.2) is 0 Å². The van der Waals surface area contributed by atoms with Crippen LogP contribution >= 0.6 is 0 Å². The molecule has 1 unspecified atom stereocenters. The van der Waals surface area contributed by atoms with E-state index in [4.69, 9.17) is 4.74 Å². The smallest absolute Gasteiger partial charge is 0.313 e. The molecular formula is C14H24O3. The van der Waals surface area contributed by atoms with Crippen molar-refractivity contribution in [1.82, 2.24) is 0 Å². The highest BCUT2D eigenvalue weighted by molar-refractivity contribution is 5.95. The zero-order valence-electron chi connectivity index (χ0n) is 11.3. The molecule has 1 atom stereocenters. The summed E-state index contributed by atoms with van der Waals surface area (Å²) >= 11 is 0. The summed E-state index contributed by atoms with van der Waals surface area (Å²) in [5.41, 5.74) is 1.18. The van der Waals surface area contributed by atoms with Crippen LogP contribution in [0.15, 0.2) is 12.2 Å². The summed E-state index contributed by atoms with van der Waals surface area (Å²) in [6.45, 7) is 9.97. The molecular weight excluding hydrogens is 216 g/mol. The van der Waals surface area contributed by atoms with Gasteiger partial charge in [0.1, 0.15) is 12.2 Å². The van der Waals surface area contributed by atoms with Crippen molar-refractivity contribution in [2.45, 2.75) is 52.9 Å². The van der Waals surface area contributed by atoms with Gasteiger partial charge in [-0.25, -0.2) is 0 Å². The quantitative estimate of drug-likeness (QED) is 0.353. The van der Waals surface area contributed by atoms with Crippen molar-refractivity contribution in [2.24, 2.45) is 5.92 Å². The van der Waals surface area contributed by atoms with Crippen LogP contribution in [0, 0.1) is 5.92 Å². The monoisotopic (exact) mass is 240 g/mol. The van der Waals surface area contributed by atoms with Gasteiger partial charge in [-0.05, 0) is 39.0 Å². The maximum absolute atomic E-state index is 11.5. The number of allylic oxidation sites excluding steroid dienone is 1. The van der Waals surface area contributed by atoms with Crippen molar-refractivity contribution in [2.75, 3.05) is 6.61 Å². The molecule has 0 aliphatic carbocycles. The van der Waals surface area contributed by atoms with Crippen LogP contribution in [0.2, 0.25) is 0 Å². The molecule has 0 fully saturated rings. The van der Waals surface area contributed by atoms with Gasteiger partial charge in [-0.1, -0.05) is 12.5 Å². The van der Waals surface area contributed by atoms with E-state index in [2.05, 4.69) is 6.58 Å². The molecule has 0 N–H and O–H groups in total. The summed E-state index contributed by atoms with van der Waals surface area (Å²) in [4.78, 5) is 22.6. The number of carbonyl (C=O) groups excluding carboxylic acids is 2. The van der Waals surface area contributed by atoms with E-state index in [0.717, 1.165) is 19.3 Å². The fourth-order valence-electron chi connectivity index (χ4n) is 1.69. The summed E-state index contributed by atoms with van der Waals surface area (Å²) in [6, 6.07) is 0. The minimum absolute atomic E-state index is 0.0220. The van der Waals surface area contributed by atoms with Gasteiger partial charge in [-0.3, -0.25) is 9.59 Å². The number of ketones is 1. The van der Waals surface area contributed by atoms with Crippen LogP contribution in [-0.2, 0) is 14.3 Å². The largest absolute Gasteiger partial charge is 0.466 e. The van der Waals surface area contributed by atoms with Crippen LogP contribution in [0.1, 0.15) is 52.9 Å². The molecule has 0 saturated heterocycles. The first-order valence-electron chi connectivity index (χ1n) is 6.27. The first-order valence-corrected chi connectivity index (χ1v) is 6.27. The van der Waals surface area contributed by atoms with Crippen molar-refractivity contribution in [3.63, 3.8) is 0 Å². The van der Waals surface area contributed by atoms with Gasteiger partial charge in [0.05, 0.1) is 6.61 Å². The molecule has 0 saturated carbocycles. The number of esters is 1. The van der Waals surface area contributed by atoms with Gasteiger partial charge in [-0.2, -0.15) is 0 Å². The topological polar surface area (TPSA) is 43.4 Å². The molecule has 0 aliphatic rings. The van der Waals surface area contributed by atoms with Crippen molar-refractivity contribution in [3.05, 3.63) is 12.2 Å². The summed E-state index contributed by atoms with van der Waals surface area (Å²) in [5, 5.41) is 0. The van der Waals surface area contributed by atoms with Crippen LogP contribution in [0.25, 0.3) is 0 Å². The fraction of sp³-hybridized carbons (Fsp3) is 0.714. The lowest BCUT2D eigenvalue weighted by atomic mass is 9.96. The third kappa shape index (κ3) is 9.79. The molecule has 0 aromatic rings. The maximum Gasteiger partial charge on any atom is 0.313 e. The minimum atomic E-state index is -0.411. The van der Waals surface area contributed by atoms with E-state index < -0.39 is 5.97 Å². The Balaban J connectivity index is 3.72. The van der Waals surface area contributed by atoms with Gasteiger partial charge in [-0.15, -0.1) is 6.58 Å². The summed E-state index contributed by atoms with van der Waals surface area (Å²) < 4.78 is 4.74. The fourth-order valence-corrected chi connectivity index (χ4v) is 1.69. The molecule has 0 heterocycles. The highest BCUT2D eigenvalue weighted by atomic mass is 16.5. The Morgan fingerprint density at radius 1 is 1.35 bits per heavy atom. The Bertz CT molecular complexity index is 269. The van der Waals surface area contributed by atoms with E-state index in [1.54, 1.807) is 6.92 Å². The van der Waals surface area contributed by atoms with Gasteiger partial charge in [0, 0.05) is 6.42 Å². The van der Waals surface area contributed by atoms with Crippen molar-refractivity contribution in [1.29, 1.82) is 0 Å². The van der Waals surface area contributed by atoms with Crippen molar-refractivity contribution in [3.8, 4) is 0 Å². The SMILES string of the molecule is C=C(C)CCCC(C)CC(=O)CC(=O)OCC. The Hall–Kier alpha value is -1.12. The van der Waals surface area contributed by atoms with Crippen LogP contribution in [0.5, 0.6) is 0 Å². The van der Waals surface area contributed by atoms with Gasteiger partial charge in [0.25, 0.3) is 0 Å². The van der Waals surface area contributed by atoms with E-state index in [1.165, 1.54) is 5.57 Å². The third-order valence-electron chi connectivity index (χ3n) is 2.52. The van der Waals surface area contributed by atoms with E-state index in [9.17, 15) is 9.59 Å². The lowest BCUT2D eigenvalue weighted by Crippen LogP contribution is -2.13. The second kappa shape index (κ2) is 8.97. The van der Waals surface area contributed by atoms with Crippen LogP contribution in [0.3, 0.4) is 0 Å². The van der Waals surface area contributed by atoms with Crippen LogP contribution < -0.4 is 0 Å². The van der Waals surface area contributed by atoms with Crippen LogP contribution in [-0.4, -0.2) is 18.4 Å². The van der Waals surface area contributed by atoms with Gasteiger partial charge in [0.2, 0.25) is 0 Å². The first kappa shape index (κ1) is 15.9. The zero-order valence-corrected chi connectivity index (χ0v) is 11.3. The normalized spacial score (nSPS) is 11.9. The Kier molecular flexibility index (Phi) is 8.38. The van der Waals surface area contributed by atoms with E-state index in [1.807, 2.05) is 13.8 Å². The molecule has 0 aliphatic heterocycles. The second-order valence-electron chi connectivity index (χ2n) is 4.68. The Labute approximate surface area is 104 Å². The maximum atomic E-state index is 11.5. The molecule has 0 amide bonds. The summed E-state index contributed by atoms with van der Waals surface area (Å²) in [6.07, 6.45) is 3.45. The average molecular weight is 240 g/mol.